The minimum Gasteiger partial charge on any atom is -0.497 e. The van der Waals surface area contributed by atoms with Crippen molar-refractivity contribution in [1.82, 2.24) is 10.6 Å². The molecule has 0 spiro atoms. The standard InChI is InChI=1S/C20H16N2O9S/c1-30-10-3-2-7(12-14(10)16(24)21-15(12)23)4-8-5-9-11(6-31-8)32-18(13(9)19(26)27)22-17(25)20(28)29/h2-3,5,9,11H,4,6H2,1H3,(H,22,25)(H,26,27)(H,28,29)(H,21,23,24). The number of hydrogen-bond donors (Lipinski definition) is 4. The van der Waals surface area contributed by atoms with Crippen LogP contribution in [0.2, 0.25) is 0 Å². The smallest absolute Gasteiger partial charge is 0.394 e. The molecule has 3 heterocycles. The number of amides is 3. The first-order valence-electron chi connectivity index (χ1n) is 9.28. The van der Waals surface area contributed by atoms with Crippen molar-refractivity contribution in [2.24, 2.45) is 5.92 Å². The number of carboxylic acid groups (broad SMARTS) is 2. The van der Waals surface area contributed by atoms with Gasteiger partial charge in [-0.2, -0.15) is 0 Å². The van der Waals surface area contributed by atoms with Crippen molar-refractivity contribution in [1.29, 1.82) is 0 Å². The van der Waals surface area contributed by atoms with Crippen molar-refractivity contribution in [2.45, 2.75) is 11.7 Å². The Morgan fingerprint density at radius 3 is 2.59 bits per heavy atom. The van der Waals surface area contributed by atoms with Crippen LogP contribution in [0.5, 0.6) is 5.75 Å². The van der Waals surface area contributed by atoms with Crippen LogP contribution in [0.4, 0.5) is 0 Å². The van der Waals surface area contributed by atoms with Crippen LogP contribution >= 0.6 is 11.8 Å². The summed E-state index contributed by atoms with van der Waals surface area (Å²) in [5.74, 6) is -5.49. The number of hydrogen-bond acceptors (Lipinski definition) is 8. The molecule has 2 atom stereocenters. The van der Waals surface area contributed by atoms with Gasteiger partial charge in [0.05, 0.1) is 39.8 Å². The van der Waals surface area contributed by atoms with Crippen LogP contribution in [0.3, 0.4) is 0 Å². The topological polar surface area (TPSA) is 168 Å². The third-order valence-electron chi connectivity index (χ3n) is 5.22. The normalized spacial score (nSPS) is 21.2. The Kier molecular flexibility index (Phi) is 5.38. The Bertz CT molecular complexity index is 1150. The summed E-state index contributed by atoms with van der Waals surface area (Å²) in [5.41, 5.74) is 0.665. The third kappa shape index (κ3) is 3.58. The van der Waals surface area contributed by atoms with E-state index in [-0.39, 0.29) is 45.8 Å². The quantitative estimate of drug-likeness (QED) is 0.353. The van der Waals surface area contributed by atoms with Crippen LogP contribution in [-0.4, -0.2) is 58.8 Å². The van der Waals surface area contributed by atoms with E-state index < -0.39 is 35.6 Å². The lowest BCUT2D eigenvalue weighted by Gasteiger charge is -2.26. The highest BCUT2D eigenvalue weighted by atomic mass is 32.2. The second-order valence-electron chi connectivity index (χ2n) is 7.07. The maximum atomic E-state index is 12.3. The first-order valence-corrected chi connectivity index (χ1v) is 10.2. The van der Waals surface area contributed by atoms with E-state index in [1.54, 1.807) is 18.2 Å². The molecule has 0 bridgehead atoms. The number of ether oxygens (including phenoxy) is 2. The molecule has 12 heteroatoms. The minimum absolute atomic E-state index is 0.0451. The summed E-state index contributed by atoms with van der Waals surface area (Å²) in [6, 6.07) is 3.19. The summed E-state index contributed by atoms with van der Waals surface area (Å²) in [4.78, 5) is 58.6. The molecule has 1 aromatic carbocycles. The second-order valence-corrected chi connectivity index (χ2v) is 8.32. The summed E-state index contributed by atoms with van der Waals surface area (Å²) in [6.45, 7) is 0.105. The van der Waals surface area contributed by atoms with Gasteiger partial charge in [0, 0.05) is 12.3 Å². The van der Waals surface area contributed by atoms with Crippen LogP contribution in [0.25, 0.3) is 0 Å². The van der Waals surface area contributed by atoms with E-state index in [4.69, 9.17) is 14.6 Å². The van der Waals surface area contributed by atoms with Crippen molar-refractivity contribution in [2.75, 3.05) is 13.7 Å². The average molecular weight is 460 g/mol. The van der Waals surface area contributed by atoms with Crippen molar-refractivity contribution in [3.8, 4) is 5.75 Å². The number of nitrogens with one attached hydrogen (secondary N) is 2. The highest BCUT2D eigenvalue weighted by Crippen LogP contribution is 2.45. The highest BCUT2D eigenvalue weighted by molar-refractivity contribution is 8.04. The number of carbonyl (C=O) groups excluding carboxylic acids is 3. The van der Waals surface area contributed by atoms with Gasteiger partial charge in [0.1, 0.15) is 12.4 Å². The minimum atomic E-state index is -1.73. The molecule has 2 unspecified atom stereocenters. The van der Waals surface area contributed by atoms with Gasteiger partial charge in [-0.3, -0.25) is 19.7 Å². The fourth-order valence-electron chi connectivity index (χ4n) is 3.84. The third-order valence-corrected chi connectivity index (χ3v) is 6.51. The van der Waals surface area contributed by atoms with E-state index in [9.17, 15) is 29.1 Å². The van der Waals surface area contributed by atoms with Gasteiger partial charge in [0.15, 0.2) is 0 Å². The Balaban J connectivity index is 1.66. The van der Waals surface area contributed by atoms with Crippen LogP contribution < -0.4 is 15.4 Å². The molecule has 0 aliphatic carbocycles. The summed E-state index contributed by atoms with van der Waals surface area (Å²) in [5, 5.41) is 22.4. The van der Waals surface area contributed by atoms with Gasteiger partial charge < -0.3 is 25.0 Å². The monoisotopic (exact) mass is 460 g/mol. The molecule has 4 N–H and O–H groups in total. The number of rotatable bonds is 5. The molecule has 3 amide bonds. The zero-order valence-electron chi connectivity index (χ0n) is 16.5. The zero-order valence-corrected chi connectivity index (χ0v) is 17.3. The average Bonchev–Trinajstić information content (AvgIpc) is 3.24. The molecule has 0 fully saturated rings. The fraction of sp³-hybridized carbons (Fsp3) is 0.250. The van der Waals surface area contributed by atoms with Crippen LogP contribution in [-0.2, 0) is 25.5 Å². The number of carbonyl (C=O) groups is 5. The van der Waals surface area contributed by atoms with Gasteiger partial charge in [-0.05, 0) is 17.7 Å². The highest BCUT2D eigenvalue weighted by Gasteiger charge is 2.42. The molecule has 3 aliphatic rings. The first-order chi connectivity index (χ1) is 15.2. The first kappa shape index (κ1) is 21.4. The second kappa shape index (κ2) is 8.04. The summed E-state index contributed by atoms with van der Waals surface area (Å²) >= 11 is 1.02. The van der Waals surface area contributed by atoms with E-state index in [0.717, 1.165) is 11.8 Å². The number of allylic oxidation sites excluding steroid dienone is 2. The number of fused-ring (bicyclic) bond motifs is 2. The zero-order chi connectivity index (χ0) is 23.2. The van der Waals surface area contributed by atoms with Crippen molar-refractivity contribution >= 4 is 41.4 Å². The molecule has 0 radical (unpaired) electrons. The lowest BCUT2D eigenvalue weighted by Crippen LogP contribution is -2.30. The van der Waals surface area contributed by atoms with E-state index in [1.165, 1.54) is 7.11 Å². The van der Waals surface area contributed by atoms with Crippen LogP contribution in [0, 0.1) is 5.92 Å². The molecule has 4 rings (SSSR count). The number of benzene rings is 1. The molecule has 1 aromatic rings. The van der Waals surface area contributed by atoms with Gasteiger partial charge in [0.25, 0.3) is 11.8 Å². The van der Waals surface area contributed by atoms with Crippen LogP contribution in [0.15, 0.2) is 34.6 Å². The van der Waals surface area contributed by atoms with Gasteiger partial charge in [-0.1, -0.05) is 17.8 Å². The number of aliphatic carboxylic acids is 2. The van der Waals surface area contributed by atoms with Gasteiger partial charge in [0.2, 0.25) is 0 Å². The maximum absolute atomic E-state index is 12.3. The van der Waals surface area contributed by atoms with Crippen molar-refractivity contribution < 1.29 is 43.7 Å². The van der Waals surface area contributed by atoms with Crippen LogP contribution in [0.1, 0.15) is 26.3 Å². The summed E-state index contributed by atoms with van der Waals surface area (Å²) < 4.78 is 10.9. The molecular formula is C20H16N2O9S. The predicted molar refractivity (Wildman–Crippen MR) is 108 cm³/mol. The Morgan fingerprint density at radius 2 is 1.94 bits per heavy atom. The Hall–Kier alpha value is -3.80. The molecule has 0 aromatic heterocycles. The Labute approximate surface area is 184 Å². The molecule has 0 saturated carbocycles. The van der Waals surface area contributed by atoms with Gasteiger partial charge >= 0.3 is 17.8 Å². The van der Waals surface area contributed by atoms with E-state index in [1.807, 2.05) is 0 Å². The lowest BCUT2D eigenvalue weighted by molar-refractivity contribution is -0.149. The molecule has 32 heavy (non-hydrogen) atoms. The van der Waals surface area contributed by atoms with Gasteiger partial charge in [-0.25, -0.2) is 9.59 Å². The molecule has 11 nitrogen and oxygen atoms in total. The summed E-state index contributed by atoms with van der Waals surface area (Å²) in [6.07, 6.45) is 1.69. The van der Waals surface area contributed by atoms with Gasteiger partial charge in [-0.15, -0.1) is 0 Å². The summed E-state index contributed by atoms with van der Waals surface area (Å²) in [7, 11) is 1.39. The molecule has 166 valence electrons. The Morgan fingerprint density at radius 1 is 1.22 bits per heavy atom. The number of thioether (sulfide) groups is 1. The fourth-order valence-corrected chi connectivity index (χ4v) is 5.14. The van der Waals surface area contributed by atoms with Crippen molar-refractivity contribution in [3.63, 3.8) is 0 Å². The molecule has 0 saturated heterocycles. The number of imide groups is 1. The molecular weight excluding hydrogens is 444 g/mol. The SMILES string of the molecule is COc1ccc(CC2=CC3C(C(=O)O)=C(NC(=O)C(=O)O)SC3CO2)c2c1C(=O)NC2=O. The number of carboxylic acids is 2. The number of methoxy groups -OCH3 is 1. The maximum Gasteiger partial charge on any atom is 0.394 e. The largest absolute Gasteiger partial charge is 0.497 e. The van der Waals surface area contributed by atoms with E-state index >= 15 is 0 Å². The predicted octanol–water partition coefficient (Wildman–Crippen LogP) is 0.264. The van der Waals surface area contributed by atoms with E-state index in [2.05, 4.69) is 10.6 Å². The lowest BCUT2D eigenvalue weighted by atomic mass is 9.91. The van der Waals surface area contributed by atoms with E-state index in [0.29, 0.717) is 11.3 Å². The van der Waals surface area contributed by atoms with Crippen molar-refractivity contribution in [3.05, 3.63) is 51.3 Å². The molecule has 3 aliphatic heterocycles.